The van der Waals surface area contributed by atoms with Crippen molar-refractivity contribution in [3.63, 3.8) is 0 Å². The number of carbonyl (C=O) groups is 1. The maximum atomic E-state index is 12.7. The molecule has 6 heteroatoms. The van der Waals surface area contributed by atoms with Crippen molar-refractivity contribution in [2.45, 2.75) is 0 Å². The van der Waals surface area contributed by atoms with Gasteiger partial charge < -0.3 is 10.1 Å². The molecule has 0 atom stereocenters. The highest BCUT2D eigenvalue weighted by Crippen LogP contribution is 2.25. The van der Waals surface area contributed by atoms with Crippen LogP contribution in [-0.4, -0.2) is 27.8 Å². The van der Waals surface area contributed by atoms with Crippen molar-refractivity contribution in [1.29, 1.82) is 0 Å². The van der Waals surface area contributed by atoms with Crippen LogP contribution in [0.2, 0.25) is 0 Å². The Balaban J connectivity index is 1.65. The van der Waals surface area contributed by atoms with E-state index in [2.05, 4.69) is 15.4 Å². The van der Waals surface area contributed by atoms with Crippen molar-refractivity contribution >= 4 is 22.5 Å². The molecule has 0 aliphatic rings. The van der Waals surface area contributed by atoms with Crippen molar-refractivity contribution in [3.05, 3.63) is 72.6 Å². The van der Waals surface area contributed by atoms with Crippen LogP contribution < -0.4 is 10.1 Å². The molecule has 4 aromatic rings. The van der Waals surface area contributed by atoms with Gasteiger partial charge in [-0.3, -0.25) is 14.5 Å². The lowest BCUT2D eigenvalue weighted by Crippen LogP contribution is -2.13. The Hall–Kier alpha value is -3.67. The average molecular weight is 358 g/mol. The number of benzene rings is 2. The van der Waals surface area contributed by atoms with E-state index in [9.17, 15) is 4.79 Å². The monoisotopic (exact) mass is 358 g/mol. The average Bonchev–Trinajstić information content (AvgIpc) is 3.10. The minimum atomic E-state index is -0.280. The number of nitrogens with one attached hydrogen (secondary N) is 1. The maximum absolute atomic E-state index is 12.7. The molecule has 0 aliphatic carbocycles. The predicted octanol–water partition coefficient (Wildman–Crippen LogP) is 3.90. The molecule has 1 N–H and O–H groups in total. The highest BCUT2D eigenvalue weighted by molar-refractivity contribution is 6.07. The van der Waals surface area contributed by atoms with Gasteiger partial charge in [-0.15, -0.1) is 0 Å². The zero-order valence-electron chi connectivity index (χ0n) is 15.0. The fourth-order valence-corrected chi connectivity index (χ4v) is 3.02. The molecule has 6 nitrogen and oxygen atoms in total. The van der Waals surface area contributed by atoms with Gasteiger partial charge in [0.05, 0.1) is 24.0 Å². The highest BCUT2D eigenvalue weighted by Gasteiger charge is 2.15. The van der Waals surface area contributed by atoms with Gasteiger partial charge in [0.25, 0.3) is 5.91 Å². The maximum Gasteiger partial charge on any atom is 0.276 e. The number of pyridine rings is 1. The van der Waals surface area contributed by atoms with Gasteiger partial charge in [-0.2, -0.15) is 5.10 Å². The molecule has 4 rings (SSSR count). The van der Waals surface area contributed by atoms with Crippen molar-refractivity contribution in [2.24, 2.45) is 7.05 Å². The molecule has 2 aromatic carbocycles. The second-order valence-electron chi connectivity index (χ2n) is 6.11. The topological polar surface area (TPSA) is 69.0 Å². The summed E-state index contributed by atoms with van der Waals surface area (Å²) in [6, 6.07) is 18.9. The second-order valence-corrected chi connectivity index (χ2v) is 6.11. The third kappa shape index (κ3) is 3.25. The van der Waals surface area contributed by atoms with Gasteiger partial charge in [-0.05, 0) is 30.3 Å². The smallest absolute Gasteiger partial charge is 0.276 e. The van der Waals surface area contributed by atoms with E-state index in [0.29, 0.717) is 11.4 Å². The summed E-state index contributed by atoms with van der Waals surface area (Å²) in [5.74, 6) is 0.472. The number of fused-ring (bicyclic) bond motifs is 1. The molecule has 0 spiro atoms. The first-order valence-corrected chi connectivity index (χ1v) is 8.49. The van der Waals surface area contributed by atoms with Gasteiger partial charge in [0, 0.05) is 24.2 Å². The zero-order valence-corrected chi connectivity index (χ0v) is 15.0. The van der Waals surface area contributed by atoms with Gasteiger partial charge in [0.1, 0.15) is 5.75 Å². The normalized spacial score (nSPS) is 10.7. The number of hydrogen-bond acceptors (Lipinski definition) is 4. The van der Waals surface area contributed by atoms with Crippen molar-refractivity contribution in [3.8, 4) is 17.0 Å². The molecule has 0 bridgehead atoms. The summed E-state index contributed by atoms with van der Waals surface area (Å²) in [5.41, 5.74) is 3.50. The molecule has 0 fully saturated rings. The highest BCUT2D eigenvalue weighted by atomic mass is 16.5. The summed E-state index contributed by atoms with van der Waals surface area (Å²) in [6.07, 6.45) is 1.71. The van der Waals surface area contributed by atoms with Gasteiger partial charge in [-0.25, -0.2) is 0 Å². The van der Waals surface area contributed by atoms with E-state index < -0.39 is 0 Å². The molecular weight excluding hydrogens is 340 g/mol. The largest absolute Gasteiger partial charge is 0.497 e. The molecule has 1 amide bonds. The fourth-order valence-electron chi connectivity index (χ4n) is 3.02. The van der Waals surface area contributed by atoms with E-state index >= 15 is 0 Å². The van der Waals surface area contributed by atoms with E-state index in [1.807, 2.05) is 61.6 Å². The summed E-state index contributed by atoms with van der Waals surface area (Å²) >= 11 is 0. The summed E-state index contributed by atoms with van der Waals surface area (Å²) in [5, 5.41) is 8.24. The van der Waals surface area contributed by atoms with Crippen LogP contribution in [0.5, 0.6) is 5.75 Å². The van der Waals surface area contributed by atoms with Crippen LogP contribution in [0.1, 0.15) is 10.5 Å². The van der Waals surface area contributed by atoms with Crippen LogP contribution in [-0.2, 0) is 7.05 Å². The molecule has 134 valence electrons. The number of methoxy groups -OCH3 is 1. The first-order chi connectivity index (χ1) is 13.2. The second kappa shape index (κ2) is 6.92. The molecular formula is C21H18N4O2. The van der Waals surface area contributed by atoms with E-state index in [1.165, 1.54) is 0 Å². The molecule has 27 heavy (non-hydrogen) atoms. The molecule has 2 heterocycles. The Kier molecular flexibility index (Phi) is 4.30. The van der Waals surface area contributed by atoms with Crippen LogP contribution in [0.4, 0.5) is 5.69 Å². The summed E-state index contributed by atoms with van der Waals surface area (Å²) in [6.45, 7) is 0. The van der Waals surface area contributed by atoms with E-state index in [0.717, 1.165) is 27.9 Å². The third-order valence-electron chi connectivity index (χ3n) is 4.36. The van der Waals surface area contributed by atoms with Gasteiger partial charge in [-0.1, -0.05) is 30.3 Å². The Morgan fingerprint density at radius 1 is 1.07 bits per heavy atom. The Labute approximate surface area is 156 Å². The third-order valence-corrected chi connectivity index (χ3v) is 4.36. The van der Waals surface area contributed by atoms with Crippen LogP contribution in [0.15, 0.2) is 66.9 Å². The van der Waals surface area contributed by atoms with Crippen molar-refractivity contribution in [1.82, 2.24) is 14.8 Å². The lowest BCUT2D eigenvalue weighted by Gasteiger charge is -2.06. The number of para-hydroxylation sites is 1. The quantitative estimate of drug-likeness (QED) is 0.601. The van der Waals surface area contributed by atoms with E-state index in [1.54, 1.807) is 24.1 Å². The number of nitrogens with zero attached hydrogens (tertiary/aromatic N) is 3. The predicted molar refractivity (Wildman–Crippen MR) is 105 cm³/mol. The molecule has 0 unspecified atom stereocenters. The van der Waals surface area contributed by atoms with Gasteiger partial charge in [0.15, 0.2) is 5.69 Å². The molecule has 0 radical (unpaired) electrons. The fraction of sp³-hybridized carbons (Fsp3) is 0.0952. The molecule has 0 saturated carbocycles. The van der Waals surface area contributed by atoms with E-state index in [-0.39, 0.29) is 5.91 Å². The van der Waals surface area contributed by atoms with Crippen molar-refractivity contribution in [2.75, 3.05) is 12.4 Å². The number of ether oxygens (including phenoxy) is 1. The first kappa shape index (κ1) is 16.8. The molecule has 0 aliphatic heterocycles. The number of rotatable bonds is 4. The minimum absolute atomic E-state index is 0.280. The lowest BCUT2D eigenvalue weighted by atomic mass is 10.1. The van der Waals surface area contributed by atoms with Crippen LogP contribution >= 0.6 is 0 Å². The van der Waals surface area contributed by atoms with Crippen molar-refractivity contribution < 1.29 is 9.53 Å². The standard InChI is InChI=1S/C21H18N4O2/c1-25-19(15-7-3-9-16(12-15)27-2)13-18(24-25)21(26)23-17-10-4-6-14-8-5-11-22-20(14)17/h3-13H,1-2H3,(H,23,26). The Morgan fingerprint density at radius 2 is 1.89 bits per heavy atom. The number of carbonyl (C=O) groups excluding carboxylic acids is 1. The minimum Gasteiger partial charge on any atom is -0.497 e. The molecule has 0 saturated heterocycles. The van der Waals surface area contributed by atoms with E-state index in [4.69, 9.17) is 4.74 Å². The Bertz CT molecular complexity index is 1130. The van der Waals surface area contributed by atoms with Crippen LogP contribution in [0.3, 0.4) is 0 Å². The van der Waals surface area contributed by atoms with Gasteiger partial charge >= 0.3 is 0 Å². The molecule has 2 aromatic heterocycles. The Morgan fingerprint density at radius 3 is 2.74 bits per heavy atom. The SMILES string of the molecule is COc1cccc(-c2cc(C(=O)Nc3cccc4cccnc34)nn2C)c1. The number of anilines is 1. The van der Waals surface area contributed by atoms with Crippen LogP contribution in [0, 0.1) is 0 Å². The summed E-state index contributed by atoms with van der Waals surface area (Å²) < 4.78 is 6.96. The first-order valence-electron chi connectivity index (χ1n) is 8.49. The number of amides is 1. The number of aromatic nitrogens is 3. The summed E-state index contributed by atoms with van der Waals surface area (Å²) in [7, 11) is 3.44. The van der Waals surface area contributed by atoms with Crippen LogP contribution in [0.25, 0.3) is 22.2 Å². The summed E-state index contributed by atoms with van der Waals surface area (Å²) in [4.78, 5) is 17.1. The number of hydrogen-bond donors (Lipinski definition) is 1. The zero-order chi connectivity index (χ0) is 18.8. The van der Waals surface area contributed by atoms with Gasteiger partial charge in [0.2, 0.25) is 0 Å². The lowest BCUT2D eigenvalue weighted by molar-refractivity contribution is 0.102. The number of aryl methyl sites for hydroxylation is 1.